The predicted octanol–water partition coefficient (Wildman–Crippen LogP) is 8.27. The zero-order valence-corrected chi connectivity index (χ0v) is 29.9. The number of ether oxygens (including phenoxy) is 1. The van der Waals surface area contributed by atoms with Crippen LogP contribution in [0, 0.1) is 25.5 Å². The number of carbonyl (C=O) groups is 2. The van der Waals surface area contributed by atoms with E-state index >= 15 is 8.78 Å². The molecule has 0 amide bonds. The summed E-state index contributed by atoms with van der Waals surface area (Å²) in [6.07, 6.45) is 5.81. The van der Waals surface area contributed by atoms with Crippen LogP contribution in [0.1, 0.15) is 68.4 Å². The molecule has 0 spiro atoms. The van der Waals surface area contributed by atoms with Gasteiger partial charge >= 0.3 is 0 Å². The number of ketones is 2. The van der Waals surface area contributed by atoms with Crippen molar-refractivity contribution >= 4 is 11.6 Å². The molecule has 0 aliphatic carbocycles. The number of halogens is 2. The molecule has 3 atom stereocenters. The maximum Gasteiger partial charge on any atom is 0.250 e. The number of nitrogens with zero attached hydrogens (tertiary/aromatic N) is 2. The molecule has 0 radical (unpaired) electrons. The highest BCUT2D eigenvalue weighted by molar-refractivity contribution is 5.99. The lowest BCUT2D eigenvalue weighted by molar-refractivity contribution is -0.115. The van der Waals surface area contributed by atoms with Crippen molar-refractivity contribution in [1.29, 1.82) is 0 Å². The molecule has 0 saturated carbocycles. The highest BCUT2D eigenvalue weighted by Crippen LogP contribution is 2.36. The molecular formula is C44H40F2N2O5. The van der Waals surface area contributed by atoms with E-state index in [1.165, 1.54) is 41.1 Å². The van der Waals surface area contributed by atoms with Gasteiger partial charge in [-0.2, -0.15) is 0 Å². The van der Waals surface area contributed by atoms with E-state index in [1.54, 1.807) is 49.5 Å². The van der Waals surface area contributed by atoms with Crippen molar-refractivity contribution < 1.29 is 28.2 Å². The molecule has 0 saturated heterocycles. The van der Waals surface area contributed by atoms with Crippen LogP contribution in [-0.4, -0.2) is 39.4 Å². The first-order chi connectivity index (χ1) is 25.4. The Morgan fingerprint density at radius 1 is 0.755 bits per heavy atom. The Kier molecular flexibility index (Phi) is 10.8. The van der Waals surface area contributed by atoms with E-state index in [4.69, 9.17) is 4.74 Å². The number of likely N-dealkylation sites (N-methyl/N-ethyl adjacent to an activating group) is 1. The smallest absolute Gasteiger partial charge is 0.250 e. The average molecular weight is 715 g/mol. The van der Waals surface area contributed by atoms with Gasteiger partial charge in [0.25, 0.3) is 0 Å². The molecule has 7 nitrogen and oxygen atoms in total. The minimum atomic E-state index is -0.656. The molecule has 3 unspecified atom stereocenters. The standard InChI is InChI=1S/C44H40F2N2O5/c1-27-9-5-7-11-33(27)37(35-17-15-31(49)21-39(35)45)23-42(51)30-14-20-44(48(4)26-30)53-32-16-18-36(40(46)22-32)38(34-12-8-6-10-28(34)2)24-41(50)29-13-19-43(52)47(3)25-29/h5-22,25-26,37-38,44,49H,23-24H2,1-4H3. The lowest BCUT2D eigenvalue weighted by atomic mass is 9.83. The monoisotopic (exact) mass is 714 g/mol. The molecule has 1 aliphatic heterocycles. The Morgan fingerprint density at radius 3 is 1.91 bits per heavy atom. The van der Waals surface area contributed by atoms with Crippen LogP contribution < -0.4 is 10.3 Å². The zero-order valence-electron chi connectivity index (χ0n) is 29.9. The number of Topliss-reactive ketones (excluding diaryl/α,β-unsaturated/α-hetero) is 2. The molecule has 53 heavy (non-hydrogen) atoms. The van der Waals surface area contributed by atoms with Crippen LogP contribution in [0.4, 0.5) is 8.78 Å². The number of pyridine rings is 1. The van der Waals surface area contributed by atoms with Gasteiger partial charge in [0.2, 0.25) is 5.56 Å². The number of phenols is 1. The first-order valence-electron chi connectivity index (χ1n) is 17.3. The highest BCUT2D eigenvalue weighted by Gasteiger charge is 2.28. The number of benzene rings is 4. The molecule has 5 aromatic rings. The van der Waals surface area contributed by atoms with Gasteiger partial charge in [0.1, 0.15) is 23.1 Å². The van der Waals surface area contributed by atoms with Gasteiger partial charge in [-0.05, 0) is 77.6 Å². The molecule has 1 aromatic heterocycles. The maximum atomic E-state index is 16.0. The third kappa shape index (κ3) is 8.20. The summed E-state index contributed by atoms with van der Waals surface area (Å²) < 4.78 is 38.6. The quantitative estimate of drug-likeness (QED) is 0.131. The van der Waals surface area contributed by atoms with Gasteiger partial charge in [-0.15, -0.1) is 0 Å². The van der Waals surface area contributed by atoms with Crippen molar-refractivity contribution in [2.24, 2.45) is 7.05 Å². The minimum absolute atomic E-state index is 0.0122. The predicted molar refractivity (Wildman–Crippen MR) is 200 cm³/mol. The van der Waals surface area contributed by atoms with E-state index in [0.29, 0.717) is 22.3 Å². The molecule has 270 valence electrons. The summed E-state index contributed by atoms with van der Waals surface area (Å²) in [5, 5.41) is 9.80. The Morgan fingerprint density at radius 2 is 1.34 bits per heavy atom. The molecule has 2 heterocycles. The fraction of sp³-hybridized carbons (Fsp3) is 0.205. The second-order valence-corrected chi connectivity index (χ2v) is 13.4. The van der Waals surface area contributed by atoms with Crippen molar-refractivity contribution in [3.63, 3.8) is 0 Å². The van der Waals surface area contributed by atoms with Crippen LogP contribution in [0.25, 0.3) is 0 Å². The van der Waals surface area contributed by atoms with Crippen LogP contribution in [0.5, 0.6) is 11.5 Å². The first kappa shape index (κ1) is 36.7. The van der Waals surface area contributed by atoms with Crippen molar-refractivity contribution in [2.75, 3.05) is 7.05 Å². The number of allylic oxidation sites excluding steroid dienone is 2. The Balaban J connectivity index is 1.19. The zero-order chi connectivity index (χ0) is 37.8. The third-order valence-electron chi connectivity index (χ3n) is 9.78. The van der Waals surface area contributed by atoms with Crippen LogP contribution in [0.2, 0.25) is 0 Å². The number of aryl methyl sites for hydroxylation is 3. The van der Waals surface area contributed by atoms with Crippen LogP contribution in [-0.2, 0) is 11.8 Å². The van der Waals surface area contributed by atoms with Gasteiger partial charge in [0.05, 0.1) is 0 Å². The van der Waals surface area contributed by atoms with Gasteiger partial charge in [0, 0.05) is 80.5 Å². The second kappa shape index (κ2) is 15.7. The van der Waals surface area contributed by atoms with Gasteiger partial charge in [-0.1, -0.05) is 60.7 Å². The molecular weight excluding hydrogens is 674 g/mol. The summed E-state index contributed by atoms with van der Waals surface area (Å²) in [5.41, 5.74) is 4.62. The molecule has 9 heteroatoms. The summed E-state index contributed by atoms with van der Waals surface area (Å²) in [4.78, 5) is 40.7. The highest BCUT2D eigenvalue weighted by atomic mass is 19.1. The summed E-state index contributed by atoms with van der Waals surface area (Å²) in [7, 11) is 3.32. The normalized spacial score (nSPS) is 15.1. The number of hydrogen-bond acceptors (Lipinski definition) is 6. The average Bonchev–Trinajstić information content (AvgIpc) is 3.12. The lowest BCUT2D eigenvalue weighted by Crippen LogP contribution is -2.33. The van der Waals surface area contributed by atoms with E-state index in [1.807, 2.05) is 62.4 Å². The SMILES string of the molecule is Cc1ccccc1C(CC(=O)C1=CN(C)C(Oc2ccc(C(CC(=O)c3ccc(=O)n(C)c3)c3ccccc3C)c(F)c2)C=C1)c1ccc(O)cc1F. The fourth-order valence-electron chi connectivity index (χ4n) is 6.84. The second-order valence-electron chi connectivity index (χ2n) is 13.4. The van der Waals surface area contributed by atoms with Crippen LogP contribution in [0.15, 0.2) is 132 Å². The maximum absolute atomic E-state index is 16.0. The van der Waals surface area contributed by atoms with E-state index in [9.17, 15) is 19.5 Å². The molecule has 4 aromatic carbocycles. The molecule has 1 N–H and O–H groups in total. The number of phenolic OH excluding ortho intramolecular Hbond substituents is 1. The summed E-state index contributed by atoms with van der Waals surface area (Å²) >= 11 is 0. The Bertz CT molecular complexity index is 2310. The lowest BCUT2D eigenvalue weighted by Gasteiger charge is -2.29. The number of hydrogen-bond donors (Lipinski definition) is 1. The van der Waals surface area contributed by atoms with Crippen molar-refractivity contribution in [3.05, 3.63) is 188 Å². The van der Waals surface area contributed by atoms with Gasteiger partial charge < -0.3 is 19.3 Å². The van der Waals surface area contributed by atoms with E-state index in [-0.39, 0.29) is 41.5 Å². The summed E-state index contributed by atoms with van der Waals surface area (Å²) in [6.45, 7) is 3.83. The van der Waals surface area contributed by atoms with E-state index in [2.05, 4.69) is 0 Å². The largest absolute Gasteiger partial charge is 0.508 e. The Hall–Kier alpha value is -6.09. The fourth-order valence-corrected chi connectivity index (χ4v) is 6.84. The molecule has 1 aliphatic rings. The number of carbonyl (C=O) groups excluding carboxylic acids is 2. The van der Waals surface area contributed by atoms with Crippen molar-refractivity contribution in [1.82, 2.24) is 9.47 Å². The van der Waals surface area contributed by atoms with Gasteiger partial charge in [-0.3, -0.25) is 14.4 Å². The van der Waals surface area contributed by atoms with Crippen LogP contribution >= 0.6 is 0 Å². The summed E-state index contributed by atoms with van der Waals surface area (Å²) in [5.74, 6) is -2.69. The Labute approximate surface area is 307 Å². The number of rotatable bonds is 12. The van der Waals surface area contributed by atoms with Gasteiger partial charge in [0.15, 0.2) is 17.8 Å². The van der Waals surface area contributed by atoms with E-state index < -0.39 is 29.7 Å². The van der Waals surface area contributed by atoms with E-state index in [0.717, 1.165) is 28.3 Å². The van der Waals surface area contributed by atoms with Crippen LogP contribution in [0.3, 0.4) is 0 Å². The van der Waals surface area contributed by atoms with Crippen molar-refractivity contribution in [2.45, 2.75) is 44.8 Å². The summed E-state index contributed by atoms with van der Waals surface area (Å²) in [6, 6.07) is 26.4. The van der Waals surface area contributed by atoms with Gasteiger partial charge in [-0.25, -0.2) is 8.78 Å². The topological polar surface area (TPSA) is 88.8 Å². The molecule has 0 fully saturated rings. The number of aromatic hydroxyl groups is 1. The first-order valence-corrected chi connectivity index (χ1v) is 17.3. The number of aromatic nitrogens is 1. The molecule has 6 rings (SSSR count). The molecule has 0 bridgehead atoms. The van der Waals surface area contributed by atoms with Crippen molar-refractivity contribution in [3.8, 4) is 11.5 Å². The minimum Gasteiger partial charge on any atom is -0.508 e. The third-order valence-corrected chi connectivity index (χ3v) is 9.78.